The van der Waals surface area contributed by atoms with Crippen LogP contribution in [0.15, 0.2) is 29.2 Å². The first kappa shape index (κ1) is 12.1. The number of rotatable bonds is 4. The van der Waals surface area contributed by atoms with E-state index in [0.29, 0.717) is 6.54 Å². The van der Waals surface area contributed by atoms with E-state index in [-0.39, 0.29) is 0 Å². The van der Waals surface area contributed by atoms with E-state index in [9.17, 15) is 0 Å². The number of aromatic nitrogens is 3. The summed E-state index contributed by atoms with van der Waals surface area (Å²) >= 11 is 1.72. The Kier molecular flexibility index (Phi) is 3.81. The first-order valence-electron chi connectivity index (χ1n) is 5.58. The van der Waals surface area contributed by atoms with Crippen molar-refractivity contribution in [3.05, 3.63) is 35.7 Å². The average Bonchev–Trinajstić information content (AvgIpc) is 2.81. The topological polar surface area (TPSA) is 56.7 Å². The van der Waals surface area contributed by atoms with E-state index in [4.69, 9.17) is 5.73 Å². The molecule has 2 aromatic rings. The zero-order valence-corrected chi connectivity index (χ0v) is 10.9. The van der Waals surface area contributed by atoms with Gasteiger partial charge in [-0.1, -0.05) is 18.2 Å². The molecule has 0 aliphatic rings. The van der Waals surface area contributed by atoms with E-state index in [1.807, 2.05) is 16.8 Å². The molecule has 4 nitrogen and oxygen atoms in total. The van der Waals surface area contributed by atoms with Crippen molar-refractivity contribution < 1.29 is 0 Å². The van der Waals surface area contributed by atoms with E-state index in [2.05, 4.69) is 35.6 Å². The zero-order valence-electron chi connectivity index (χ0n) is 10.1. The molecule has 0 saturated carbocycles. The lowest BCUT2D eigenvalue weighted by Crippen LogP contribution is -2.05. The normalized spacial score (nSPS) is 10.8. The number of nitrogens with two attached hydrogens (primary N) is 1. The maximum atomic E-state index is 5.65. The van der Waals surface area contributed by atoms with Crippen LogP contribution in [0.4, 0.5) is 0 Å². The summed E-state index contributed by atoms with van der Waals surface area (Å²) < 4.78 is 1.88. The summed E-state index contributed by atoms with van der Waals surface area (Å²) in [5.74, 6) is 0. The third-order valence-corrected chi connectivity index (χ3v) is 3.40. The molecule has 2 rings (SSSR count). The molecule has 5 heteroatoms. The largest absolute Gasteiger partial charge is 0.325 e. The van der Waals surface area contributed by atoms with Gasteiger partial charge in [0.05, 0.1) is 17.1 Å². The Balaban J connectivity index is 2.48. The van der Waals surface area contributed by atoms with E-state index in [1.54, 1.807) is 11.8 Å². The van der Waals surface area contributed by atoms with Gasteiger partial charge in [0.1, 0.15) is 0 Å². The van der Waals surface area contributed by atoms with Crippen molar-refractivity contribution in [3.8, 4) is 5.69 Å². The molecular formula is C12H16N4S. The molecule has 1 aromatic heterocycles. The van der Waals surface area contributed by atoms with E-state index in [0.717, 1.165) is 23.5 Å². The van der Waals surface area contributed by atoms with Crippen molar-refractivity contribution in [2.45, 2.75) is 24.8 Å². The van der Waals surface area contributed by atoms with Gasteiger partial charge in [0.25, 0.3) is 0 Å². The van der Waals surface area contributed by atoms with Crippen molar-refractivity contribution in [1.82, 2.24) is 15.0 Å². The third kappa shape index (κ3) is 2.35. The van der Waals surface area contributed by atoms with Gasteiger partial charge in [-0.2, -0.15) is 0 Å². The molecule has 0 atom stereocenters. The molecule has 0 bridgehead atoms. The van der Waals surface area contributed by atoms with Gasteiger partial charge in [-0.15, -0.1) is 16.9 Å². The van der Waals surface area contributed by atoms with Gasteiger partial charge in [-0.05, 0) is 30.9 Å². The van der Waals surface area contributed by atoms with Gasteiger partial charge in [-0.25, -0.2) is 4.68 Å². The Bertz CT molecular complexity index is 507. The minimum Gasteiger partial charge on any atom is -0.325 e. The second-order valence-corrected chi connectivity index (χ2v) is 4.53. The maximum Gasteiger partial charge on any atom is 0.0999 e. The highest BCUT2D eigenvalue weighted by Gasteiger charge is 2.11. The summed E-state index contributed by atoms with van der Waals surface area (Å²) in [6.45, 7) is 2.53. The van der Waals surface area contributed by atoms with Crippen LogP contribution < -0.4 is 5.73 Å². The number of hydrogen-bond acceptors (Lipinski definition) is 4. The molecule has 17 heavy (non-hydrogen) atoms. The Morgan fingerprint density at radius 2 is 2.24 bits per heavy atom. The molecule has 0 amide bonds. The molecule has 0 unspecified atom stereocenters. The second kappa shape index (κ2) is 5.33. The average molecular weight is 248 g/mol. The Hall–Kier alpha value is -1.33. The monoisotopic (exact) mass is 248 g/mol. The second-order valence-electron chi connectivity index (χ2n) is 3.65. The summed E-state index contributed by atoms with van der Waals surface area (Å²) in [5, 5.41) is 8.30. The van der Waals surface area contributed by atoms with Crippen LogP contribution in [-0.4, -0.2) is 21.2 Å². The van der Waals surface area contributed by atoms with Crippen molar-refractivity contribution in [2.75, 3.05) is 6.26 Å². The minimum atomic E-state index is 0.436. The summed E-state index contributed by atoms with van der Waals surface area (Å²) in [6, 6.07) is 8.26. The highest BCUT2D eigenvalue weighted by Crippen LogP contribution is 2.20. The van der Waals surface area contributed by atoms with Crippen molar-refractivity contribution in [1.29, 1.82) is 0 Å². The van der Waals surface area contributed by atoms with Gasteiger partial charge in [-0.3, -0.25) is 0 Å². The predicted molar refractivity (Wildman–Crippen MR) is 70.4 cm³/mol. The maximum absolute atomic E-state index is 5.65. The highest BCUT2D eigenvalue weighted by molar-refractivity contribution is 7.98. The molecule has 0 fully saturated rings. The van der Waals surface area contributed by atoms with Crippen LogP contribution in [0.2, 0.25) is 0 Å². The minimum absolute atomic E-state index is 0.436. The molecule has 90 valence electrons. The van der Waals surface area contributed by atoms with Crippen LogP contribution in [0, 0.1) is 0 Å². The highest BCUT2D eigenvalue weighted by atomic mass is 32.2. The first-order valence-corrected chi connectivity index (χ1v) is 6.80. The SMILES string of the molecule is CCc1c(CN)nnn1-c1cccc(SC)c1. The van der Waals surface area contributed by atoms with Crippen molar-refractivity contribution in [3.63, 3.8) is 0 Å². The van der Waals surface area contributed by atoms with Crippen LogP contribution in [0.3, 0.4) is 0 Å². The lowest BCUT2D eigenvalue weighted by molar-refractivity contribution is 0.765. The van der Waals surface area contributed by atoms with Gasteiger partial charge in [0.15, 0.2) is 0 Å². The molecule has 1 heterocycles. The fraction of sp³-hybridized carbons (Fsp3) is 0.333. The number of benzene rings is 1. The fourth-order valence-electron chi connectivity index (χ4n) is 1.79. The van der Waals surface area contributed by atoms with Crippen molar-refractivity contribution >= 4 is 11.8 Å². The zero-order chi connectivity index (χ0) is 12.3. The molecule has 0 aliphatic heterocycles. The Morgan fingerprint density at radius 3 is 2.88 bits per heavy atom. The van der Waals surface area contributed by atoms with E-state index >= 15 is 0 Å². The predicted octanol–water partition coefficient (Wildman–Crippen LogP) is 2.01. The molecule has 0 spiro atoms. The molecule has 0 aliphatic carbocycles. The summed E-state index contributed by atoms with van der Waals surface area (Å²) in [4.78, 5) is 1.22. The number of nitrogens with zero attached hydrogens (tertiary/aromatic N) is 3. The van der Waals surface area contributed by atoms with Crippen LogP contribution in [0.5, 0.6) is 0 Å². The van der Waals surface area contributed by atoms with Gasteiger partial charge in [0.2, 0.25) is 0 Å². The fourth-order valence-corrected chi connectivity index (χ4v) is 2.25. The van der Waals surface area contributed by atoms with E-state index < -0.39 is 0 Å². The smallest absolute Gasteiger partial charge is 0.0999 e. The Morgan fingerprint density at radius 1 is 1.41 bits per heavy atom. The van der Waals surface area contributed by atoms with Gasteiger partial charge in [0, 0.05) is 11.4 Å². The third-order valence-electron chi connectivity index (χ3n) is 2.67. The molecule has 0 radical (unpaired) electrons. The lowest BCUT2D eigenvalue weighted by Gasteiger charge is -2.06. The van der Waals surface area contributed by atoms with Crippen molar-refractivity contribution in [2.24, 2.45) is 5.73 Å². The van der Waals surface area contributed by atoms with Gasteiger partial charge < -0.3 is 5.73 Å². The molecule has 1 aromatic carbocycles. The standard InChI is InChI=1S/C12H16N4S/c1-3-12-11(8-13)14-15-16(12)9-5-4-6-10(7-9)17-2/h4-7H,3,8,13H2,1-2H3. The molecule has 0 saturated heterocycles. The van der Waals surface area contributed by atoms with E-state index in [1.165, 1.54) is 4.90 Å². The summed E-state index contributed by atoms with van der Waals surface area (Å²) in [7, 11) is 0. The van der Waals surface area contributed by atoms with Crippen LogP contribution in [0.1, 0.15) is 18.3 Å². The lowest BCUT2D eigenvalue weighted by atomic mass is 10.2. The summed E-state index contributed by atoms with van der Waals surface area (Å²) in [5.41, 5.74) is 8.66. The molecular weight excluding hydrogens is 232 g/mol. The molecule has 2 N–H and O–H groups in total. The van der Waals surface area contributed by atoms with Crippen LogP contribution in [0.25, 0.3) is 5.69 Å². The van der Waals surface area contributed by atoms with Crippen LogP contribution >= 0.6 is 11.8 Å². The Labute approximate surface area is 105 Å². The van der Waals surface area contributed by atoms with Crippen LogP contribution in [-0.2, 0) is 13.0 Å². The number of thioether (sulfide) groups is 1. The quantitative estimate of drug-likeness (QED) is 0.841. The van der Waals surface area contributed by atoms with Gasteiger partial charge >= 0.3 is 0 Å². The summed E-state index contributed by atoms with van der Waals surface area (Å²) in [6.07, 6.45) is 2.94. The first-order chi connectivity index (χ1) is 8.30. The number of hydrogen-bond donors (Lipinski definition) is 1.